The highest BCUT2D eigenvalue weighted by molar-refractivity contribution is 6.31. The molecule has 252 valence electrons. The summed E-state index contributed by atoms with van der Waals surface area (Å²) in [6.45, 7) is 2.73. The van der Waals surface area contributed by atoms with E-state index in [1.54, 1.807) is 12.2 Å². The lowest BCUT2D eigenvalue weighted by Gasteiger charge is -2.39. The van der Waals surface area contributed by atoms with E-state index in [0.717, 1.165) is 11.1 Å². The van der Waals surface area contributed by atoms with Gasteiger partial charge in [-0.25, -0.2) is 0 Å². The van der Waals surface area contributed by atoms with Crippen molar-refractivity contribution in [2.75, 3.05) is 0 Å². The molecule has 0 bridgehead atoms. The largest absolute Gasteiger partial charge is 0.507 e. The molecule has 4 N–H and O–H groups in total. The molecule has 0 saturated carbocycles. The highest BCUT2D eigenvalue weighted by Crippen LogP contribution is 2.44. The maximum Gasteiger partial charge on any atom is 0.308 e. The molecule has 2 aliphatic rings. The molecule has 1 aliphatic carbocycles. The molecule has 1 saturated heterocycles. The molecule has 5 atom stereocenters. The minimum absolute atomic E-state index is 0.0215. The van der Waals surface area contributed by atoms with Crippen LogP contribution in [0, 0.1) is 0 Å². The highest BCUT2D eigenvalue weighted by Gasteiger charge is 2.44. The van der Waals surface area contributed by atoms with Gasteiger partial charge in [-0.1, -0.05) is 66.7 Å². The number of aliphatic hydroxyl groups is 3. The molecule has 4 aromatic carbocycles. The third-order valence-corrected chi connectivity index (χ3v) is 8.80. The van der Waals surface area contributed by atoms with Gasteiger partial charge in [0.05, 0.1) is 11.7 Å². The molecular weight excluding hydrogens is 628 g/mol. The summed E-state index contributed by atoms with van der Waals surface area (Å²) in [4.78, 5) is 40.6. The zero-order chi connectivity index (χ0) is 34.8. The van der Waals surface area contributed by atoms with Gasteiger partial charge in [-0.3, -0.25) is 14.4 Å². The number of ketones is 2. The molecule has 5 unspecified atom stereocenters. The van der Waals surface area contributed by atoms with E-state index in [1.807, 2.05) is 60.7 Å². The second-order valence-electron chi connectivity index (χ2n) is 12.2. The van der Waals surface area contributed by atoms with Gasteiger partial charge in [-0.05, 0) is 61.6 Å². The average molecular weight is 665 g/mol. The maximum absolute atomic E-state index is 14.4. The number of phenolic OH excluding ortho intramolecular Hbond substituents is 1. The summed E-state index contributed by atoms with van der Waals surface area (Å²) < 4.78 is 17.2. The monoisotopic (exact) mass is 664 g/mol. The molecule has 49 heavy (non-hydrogen) atoms. The Bertz CT molecular complexity index is 1920. The van der Waals surface area contributed by atoms with E-state index in [1.165, 1.54) is 32.0 Å². The number of fused-ring (bicyclic) bond motifs is 2. The van der Waals surface area contributed by atoms with E-state index >= 15 is 0 Å². The highest BCUT2D eigenvalue weighted by atomic mass is 16.7. The van der Waals surface area contributed by atoms with E-state index in [9.17, 15) is 34.8 Å². The first-order valence-corrected chi connectivity index (χ1v) is 16.0. The molecular formula is C39H36O10. The van der Waals surface area contributed by atoms with Crippen molar-refractivity contribution >= 4 is 29.7 Å². The summed E-state index contributed by atoms with van der Waals surface area (Å²) in [6.07, 6.45) is -2.32. The topological polar surface area (TPSA) is 160 Å². The lowest BCUT2D eigenvalue weighted by Crippen LogP contribution is -2.58. The first-order chi connectivity index (χ1) is 23.5. The summed E-state index contributed by atoms with van der Waals surface area (Å²) in [5.41, 5.74) is 1.90. The van der Waals surface area contributed by atoms with Crippen molar-refractivity contribution in [3.8, 4) is 17.2 Å². The van der Waals surface area contributed by atoms with Crippen molar-refractivity contribution in [1.82, 2.24) is 0 Å². The van der Waals surface area contributed by atoms with Crippen LogP contribution < -0.4 is 9.47 Å². The van der Waals surface area contributed by atoms with Crippen molar-refractivity contribution in [2.24, 2.45) is 0 Å². The van der Waals surface area contributed by atoms with Gasteiger partial charge in [0.25, 0.3) is 0 Å². The molecule has 10 nitrogen and oxygen atoms in total. The molecule has 4 aromatic rings. The van der Waals surface area contributed by atoms with Crippen LogP contribution in [-0.4, -0.2) is 68.7 Å². The van der Waals surface area contributed by atoms with Crippen LogP contribution in [-0.2, 0) is 22.4 Å². The minimum Gasteiger partial charge on any atom is -0.507 e. The number of carbonyl (C=O) groups excluding carboxylic acids is 3. The number of aryl methyl sites for hydroxylation is 1. The Balaban J connectivity index is 1.46. The zero-order valence-electron chi connectivity index (χ0n) is 26.9. The van der Waals surface area contributed by atoms with Crippen LogP contribution in [0.1, 0.15) is 74.4 Å². The lowest BCUT2D eigenvalue weighted by atomic mass is 9.79. The fourth-order valence-corrected chi connectivity index (χ4v) is 6.25. The Labute approximate surface area is 282 Å². The summed E-state index contributed by atoms with van der Waals surface area (Å²) in [6, 6.07) is 23.1. The Morgan fingerprint density at radius 3 is 2.16 bits per heavy atom. The van der Waals surface area contributed by atoms with Gasteiger partial charge in [0, 0.05) is 34.7 Å². The zero-order valence-corrected chi connectivity index (χ0v) is 26.9. The van der Waals surface area contributed by atoms with E-state index in [4.69, 9.17) is 14.2 Å². The Morgan fingerprint density at radius 1 is 0.796 bits per heavy atom. The molecule has 0 radical (unpaired) electrons. The predicted molar refractivity (Wildman–Crippen MR) is 180 cm³/mol. The Morgan fingerprint density at radius 2 is 1.47 bits per heavy atom. The number of hydrogen-bond donors (Lipinski definition) is 4. The average Bonchev–Trinajstić information content (AvgIpc) is 3.09. The summed E-state index contributed by atoms with van der Waals surface area (Å²) >= 11 is 0. The molecule has 0 amide bonds. The van der Waals surface area contributed by atoms with E-state index in [0.29, 0.717) is 12.8 Å². The smallest absolute Gasteiger partial charge is 0.308 e. The standard InChI is InChI=1S/C39H36O10/c1-21-33(41)37(45)38(46)39(47-21)49-30-20-28-32(34(42)26(30)15-9-14-23-10-5-3-6-11-23)35(43)27-18-19-29(48-22(2)40)25(31(27)36(28)44)17-16-24-12-7-4-8-13-24/h3-8,10-13,16-21,33,37-39,41-42,45-46H,9,14-15H2,1-2H3. The third kappa shape index (κ3) is 6.77. The molecule has 1 fully saturated rings. The minimum atomic E-state index is -1.67. The fraction of sp³-hybridized carbons (Fsp3) is 0.256. The summed E-state index contributed by atoms with van der Waals surface area (Å²) in [5.74, 6) is -2.27. The third-order valence-electron chi connectivity index (χ3n) is 8.80. The number of esters is 1. The van der Waals surface area contributed by atoms with Gasteiger partial charge in [0.15, 0.2) is 11.6 Å². The summed E-state index contributed by atoms with van der Waals surface area (Å²) in [5, 5.41) is 43.1. The maximum atomic E-state index is 14.4. The number of phenols is 1. The second kappa shape index (κ2) is 14.2. The number of benzene rings is 4. The number of ether oxygens (including phenoxy) is 3. The van der Waals surface area contributed by atoms with Crippen molar-refractivity contribution in [1.29, 1.82) is 0 Å². The molecule has 6 rings (SSSR count). The molecule has 1 aliphatic heterocycles. The fourth-order valence-electron chi connectivity index (χ4n) is 6.25. The van der Waals surface area contributed by atoms with Gasteiger partial charge >= 0.3 is 5.97 Å². The van der Waals surface area contributed by atoms with Crippen molar-refractivity contribution in [3.63, 3.8) is 0 Å². The SMILES string of the molecule is CC(=O)Oc1ccc2c(c1C=Cc1ccccc1)C(=O)c1cc(OC3OC(C)C(O)C(O)C3O)c(CCCc3ccccc3)c(O)c1C2=O. The molecule has 10 heteroatoms. The van der Waals surface area contributed by atoms with Crippen molar-refractivity contribution < 1.29 is 49.0 Å². The first kappa shape index (κ1) is 33.8. The molecule has 0 spiro atoms. The molecule has 1 heterocycles. The van der Waals surface area contributed by atoms with Crippen molar-refractivity contribution in [2.45, 2.75) is 63.8 Å². The van der Waals surface area contributed by atoms with Crippen LogP contribution in [0.25, 0.3) is 12.2 Å². The van der Waals surface area contributed by atoms with Crippen LogP contribution in [0.3, 0.4) is 0 Å². The second-order valence-corrected chi connectivity index (χ2v) is 12.2. The predicted octanol–water partition coefficient (Wildman–Crippen LogP) is 4.64. The molecule has 0 aromatic heterocycles. The van der Waals surface area contributed by atoms with Crippen LogP contribution in [0.5, 0.6) is 17.2 Å². The number of aromatic hydroxyl groups is 1. The van der Waals surface area contributed by atoms with E-state index < -0.39 is 54.0 Å². The van der Waals surface area contributed by atoms with E-state index in [-0.39, 0.29) is 51.3 Å². The first-order valence-electron chi connectivity index (χ1n) is 16.0. The van der Waals surface area contributed by atoms with Crippen LogP contribution >= 0.6 is 0 Å². The van der Waals surface area contributed by atoms with Gasteiger partial charge in [0.2, 0.25) is 6.29 Å². The number of hydrogen-bond acceptors (Lipinski definition) is 10. The lowest BCUT2D eigenvalue weighted by molar-refractivity contribution is -0.268. The number of rotatable bonds is 9. The Kier molecular flexibility index (Phi) is 9.75. The van der Waals surface area contributed by atoms with E-state index in [2.05, 4.69) is 0 Å². The quantitative estimate of drug-likeness (QED) is 0.0993. The van der Waals surface area contributed by atoms with Crippen LogP contribution in [0.15, 0.2) is 78.9 Å². The van der Waals surface area contributed by atoms with Crippen molar-refractivity contribution in [3.05, 3.63) is 123 Å². The normalized spacial score (nSPS) is 21.7. The van der Waals surface area contributed by atoms with Crippen LogP contribution in [0.4, 0.5) is 0 Å². The van der Waals surface area contributed by atoms with Gasteiger partial charge in [0.1, 0.15) is 35.6 Å². The van der Waals surface area contributed by atoms with Crippen LogP contribution in [0.2, 0.25) is 0 Å². The summed E-state index contributed by atoms with van der Waals surface area (Å²) in [7, 11) is 0. The van der Waals surface area contributed by atoms with Gasteiger partial charge < -0.3 is 34.6 Å². The number of aliphatic hydroxyl groups excluding tert-OH is 3. The van der Waals surface area contributed by atoms with Gasteiger partial charge in [-0.2, -0.15) is 0 Å². The van der Waals surface area contributed by atoms with Gasteiger partial charge in [-0.15, -0.1) is 0 Å². The number of carbonyl (C=O) groups is 3. The Hall–Kier alpha value is -5.13.